The van der Waals surface area contributed by atoms with Crippen molar-refractivity contribution in [3.8, 4) is 0 Å². The predicted octanol–water partition coefficient (Wildman–Crippen LogP) is 4.04. The molecule has 0 radical (unpaired) electrons. The maximum absolute atomic E-state index is 12.6. The molecule has 0 aromatic carbocycles. The van der Waals surface area contributed by atoms with E-state index in [1.165, 1.54) is 37.0 Å². The van der Waals surface area contributed by atoms with Crippen LogP contribution in [0.25, 0.3) is 6.08 Å². The molecule has 2 aliphatic carbocycles. The van der Waals surface area contributed by atoms with Gasteiger partial charge in [-0.25, -0.2) is 4.98 Å². The lowest BCUT2D eigenvalue weighted by Gasteiger charge is -2.31. The molecule has 9 heteroatoms. The standard InChI is InChI=1S/C22H35N3OS.C4H7NO.C3H6O.C2H7N/c1-15(2)17-9-10-18-20(13-17)27-22(25-18)12-11-21(26)24-19(14-23-3)16-7-5-4-6-8-16;6-3-4-1-5-2-4;1-2-3-4;1-3-2/h9-10,15-17,19,23H,4-8,11-14H2,1-3H3,(H,24,26);3-5H,1-2H2;3H,2H2,1H3;3H,1-2H3. The van der Waals surface area contributed by atoms with Gasteiger partial charge in [-0.1, -0.05) is 46.1 Å². The number of thiazole rings is 1. The summed E-state index contributed by atoms with van der Waals surface area (Å²) in [7, 11) is 5.72. The van der Waals surface area contributed by atoms with Crippen LogP contribution in [0.3, 0.4) is 0 Å². The lowest BCUT2D eigenvalue weighted by molar-refractivity contribution is -0.122. The van der Waals surface area contributed by atoms with Gasteiger partial charge in [0.2, 0.25) is 5.91 Å². The third-order valence-electron chi connectivity index (χ3n) is 7.28. The molecule has 3 aliphatic rings. The summed E-state index contributed by atoms with van der Waals surface area (Å²) in [6.07, 6.45) is 15.8. The Bertz CT molecular complexity index is 863. The lowest BCUT2D eigenvalue weighted by Crippen LogP contribution is -2.46. The highest BCUT2D eigenvalue weighted by atomic mass is 32.1. The Balaban J connectivity index is 0.000000509. The van der Waals surface area contributed by atoms with Crippen molar-refractivity contribution >= 4 is 35.9 Å². The predicted molar refractivity (Wildman–Crippen MR) is 168 cm³/mol. The van der Waals surface area contributed by atoms with Gasteiger partial charge in [0.25, 0.3) is 0 Å². The number of aldehydes is 2. The maximum Gasteiger partial charge on any atom is 0.220 e. The molecule has 1 saturated heterocycles. The molecule has 2 atom stereocenters. The number of rotatable bonds is 10. The van der Waals surface area contributed by atoms with E-state index in [1.807, 2.05) is 28.1 Å². The highest BCUT2D eigenvalue weighted by Gasteiger charge is 2.25. The second-order valence-corrected chi connectivity index (χ2v) is 12.3. The molecule has 2 fully saturated rings. The van der Waals surface area contributed by atoms with E-state index in [1.54, 1.807) is 11.3 Å². The molecule has 0 bridgehead atoms. The number of fused-ring (bicyclic) bond motifs is 1. The molecule has 1 saturated carbocycles. The first-order valence-electron chi connectivity index (χ1n) is 15.1. The van der Waals surface area contributed by atoms with Crippen LogP contribution in [0.2, 0.25) is 0 Å². The monoisotopic (exact) mass is 577 g/mol. The molecular weight excluding hydrogens is 522 g/mol. The molecule has 1 aliphatic heterocycles. The van der Waals surface area contributed by atoms with Crippen LogP contribution >= 0.6 is 11.3 Å². The second kappa shape index (κ2) is 21.8. The van der Waals surface area contributed by atoms with Gasteiger partial charge in [0.1, 0.15) is 12.6 Å². The summed E-state index contributed by atoms with van der Waals surface area (Å²) < 4.78 is 0. The molecular formula is C31H55N5O3S. The normalized spacial score (nSPS) is 18.8. The first-order valence-corrected chi connectivity index (χ1v) is 15.9. The van der Waals surface area contributed by atoms with Crippen molar-refractivity contribution in [2.45, 2.75) is 84.6 Å². The number of carbonyl (C=O) groups is 3. The fourth-order valence-electron chi connectivity index (χ4n) is 4.75. The Hall–Kier alpha value is -1.94. The SMILES string of the molecule is CCC=O.CNC.CNCC(NC(=O)CCc1nc2c(s1)CC(C(C)C)C=C2)C1CCCCC1.O=CC1CNC1. The van der Waals surface area contributed by atoms with Gasteiger partial charge in [0.15, 0.2) is 0 Å². The minimum atomic E-state index is 0.171. The summed E-state index contributed by atoms with van der Waals surface area (Å²) in [4.78, 5) is 37.6. The average Bonchev–Trinajstić information content (AvgIpc) is 3.35. The summed E-state index contributed by atoms with van der Waals surface area (Å²) in [5.41, 5.74) is 1.13. The number of nitrogens with one attached hydrogen (secondary N) is 4. The highest BCUT2D eigenvalue weighted by Crippen LogP contribution is 2.32. The Labute approximate surface area is 247 Å². The molecule has 40 heavy (non-hydrogen) atoms. The van der Waals surface area contributed by atoms with Crippen molar-refractivity contribution in [3.05, 3.63) is 21.7 Å². The largest absolute Gasteiger partial charge is 0.352 e. The molecule has 1 aromatic rings. The van der Waals surface area contributed by atoms with E-state index in [-0.39, 0.29) is 11.9 Å². The van der Waals surface area contributed by atoms with Crippen LogP contribution < -0.4 is 21.3 Å². The number of hydrogen-bond donors (Lipinski definition) is 4. The zero-order valence-electron chi connectivity index (χ0n) is 25.8. The first-order chi connectivity index (χ1) is 19.3. The van der Waals surface area contributed by atoms with Gasteiger partial charge in [-0.2, -0.15) is 0 Å². The van der Waals surface area contributed by atoms with Crippen LogP contribution in [0, 0.1) is 23.7 Å². The van der Waals surface area contributed by atoms with E-state index in [0.717, 1.165) is 55.7 Å². The molecule has 1 amide bonds. The Morgan fingerprint density at radius 1 is 1.15 bits per heavy atom. The summed E-state index contributed by atoms with van der Waals surface area (Å²) in [6.45, 7) is 9.02. The maximum atomic E-state index is 12.6. The summed E-state index contributed by atoms with van der Waals surface area (Å²) in [5, 5.41) is 13.4. The fourth-order valence-corrected chi connectivity index (χ4v) is 5.88. The number of hydrogen-bond acceptors (Lipinski definition) is 8. The van der Waals surface area contributed by atoms with Gasteiger partial charge in [-0.15, -0.1) is 11.3 Å². The number of aryl methyl sites for hydroxylation is 1. The lowest BCUT2D eigenvalue weighted by atomic mass is 9.83. The molecule has 4 rings (SSSR count). The third-order valence-corrected chi connectivity index (χ3v) is 8.43. The number of carbonyl (C=O) groups excluding carboxylic acids is 3. The molecule has 228 valence electrons. The molecule has 1 aromatic heterocycles. The number of aromatic nitrogens is 1. The van der Waals surface area contributed by atoms with Crippen molar-refractivity contribution in [2.75, 3.05) is 40.8 Å². The van der Waals surface area contributed by atoms with Crippen LogP contribution in [0.15, 0.2) is 6.08 Å². The van der Waals surface area contributed by atoms with Crippen molar-refractivity contribution in [1.82, 2.24) is 26.3 Å². The van der Waals surface area contributed by atoms with Gasteiger partial charge >= 0.3 is 0 Å². The number of likely N-dealkylation sites (N-methyl/N-ethyl adjacent to an activating group) is 1. The zero-order valence-corrected chi connectivity index (χ0v) is 26.6. The molecule has 2 heterocycles. The molecule has 4 N–H and O–H groups in total. The van der Waals surface area contributed by atoms with Crippen molar-refractivity contribution in [3.63, 3.8) is 0 Å². The number of nitrogens with zero attached hydrogens (tertiary/aromatic N) is 1. The van der Waals surface area contributed by atoms with Gasteiger partial charge < -0.3 is 30.9 Å². The van der Waals surface area contributed by atoms with Gasteiger partial charge in [-0.05, 0) is 64.2 Å². The van der Waals surface area contributed by atoms with E-state index < -0.39 is 0 Å². The zero-order chi connectivity index (χ0) is 29.8. The van der Waals surface area contributed by atoms with Crippen LogP contribution in [-0.2, 0) is 27.2 Å². The first kappa shape index (κ1) is 36.1. The number of amides is 1. The van der Waals surface area contributed by atoms with Crippen molar-refractivity contribution < 1.29 is 14.4 Å². The van der Waals surface area contributed by atoms with Crippen molar-refractivity contribution in [1.29, 1.82) is 0 Å². The minimum absolute atomic E-state index is 0.171. The smallest absolute Gasteiger partial charge is 0.220 e. The van der Waals surface area contributed by atoms with Crippen LogP contribution in [-0.4, -0.2) is 70.3 Å². The van der Waals surface area contributed by atoms with Gasteiger partial charge in [0.05, 0.1) is 10.7 Å². The van der Waals surface area contributed by atoms with E-state index in [9.17, 15) is 14.4 Å². The van der Waals surface area contributed by atoms with E-state index >= 15 is 0 Å². The average molecular weight is 578 g/mol. The molecule has 2 unspecified atom stereocenters. The topological polar surface area (TPSA) is 112 Å². The summed E-state index contributed by atoms with van der Waals surface area (Å²) in [6, 6.07) is 0.266. The van der Waals surface area contributed by atoms with Crippen LogP contribution in [0.1, 0.15) is 81.3 Å². The summed E-state index contributed by atoms with van der Waals surface area (Å²) >= 11 is 1.80. The number of allylic oxidation sites excluding steroid dienone is 1. The van der Waals surface area contributed by atoms with Crippen molar-refractivity contribution in [2.24, 2.45) is 23.7 Å². The quantitative estimate of drug-likeness (QED) is 0.311. The van der Waals surface area contributed by atoms with Gasteiger partial charge in [0, 0.05) is 55.7 Å². The highest BCUT2D eigenvalue weighted by molar-refractivity contribution is 7.11. The second-order valence-electron chi connectivity index (χ2n) is 11.1. The Morgan fingerprint density at radius 3 is 2.27 bits per heavy atom. The van der Waals surface area contributed by atoms with Gasteiger partial charge in [-0.3, -0.25) is 4.79 Å². The van der Waals surface area contributed by atoms with Crippen LogP contribution in [0.4, 0.5) is 0 Å². The minimum Gasteiger partial charge on any atom is -0.352 e. The van der Waals surface area contributed by atoms with E-state index in [4.69, 9.17) is 4.98 Å². The molecule has 8 nitrogen and oxygen atoms in total. The molecule has 0 spiro atoms. The van der Waals surface area contributed by atoms with E-state index in [2.05, 4.69) is 47.3 Å². The van der Waals surface area contributed by atoms with Crippen LogP contribution in [0.5, 0.6) is 0 Å². The van der Waals surface area contributed by atoms with E-state index in [0.29, 0.717) is 36.5 Å². The fraction of sp³-hybridized carbons (Fsp3) is 0.742. The Kier molecular flexibility index (Phi) is 19.6. The third kappa shape index (κ3) is 14.1. The summed E-state index contributed by atoms with van der Waals surface area (Å²) in [5.74, 6) is 2.40. The Morgan fingerprint density at radius 2 is 1.80 bits per heavy atom.